The normalized spacial score (nSPS) is 10.8. The zero-order chi connectivity index (χ0) is 12.0. The molecule has 0 amide bonds. The van der Waals surface area contributed by atoms with Crippen LogP contribution in [-0.2, 0) is 0 Å². The Morgan fingerprint density at radius 3 is 2.56 bits per heavy atom. The van der Waals surface area contributed by atoms with E-state index in [0.717, 1.165) is 34.4 Å². The minimum Gasteiger partial charge on any atom is -0.497 e. The molecule has 0 N–H and O–H groups in total. The maximum absolute atomic E-state index is 5.27. The second-order valence-electron chi connectivity index (χ2n) is 3.42. The van der Waals surface area contributed by atoms with Crippen molar-refractivity contribution in [2.75, 3.05) is 14.2 Å². The van der Waals surface area contributed by atoms with Gasteiger partial charge in [0, 0.05) is 6.07 Å². The third-order valence-corrected chi connectivity index (χ3v) is 3.10. The molecule has 16 heavy (non-hydrogen) atoms. The molecule has 0 heterocycles. The molecule has 88 valence electrons. The Labute approximate surface area is 105 Å². The van der Waals surface area contributed by atoms with Gasteiger partial charge < -0.3 is 9.47 Å². The zero-order valence-electron chi connectivity index (χ0n) is 9.92. The molecular weight excluding hydrogens is 268 g/mol. The van der Waals surface area contributed by atoms with E-state index in [1.54, 1.807) is 14.2 Å². The summed E-state index contributed by atoms with van der Waals surface area (Å²) in [5.41, 5.74) is 1.07. The van der Waals surface area contributed by atoms with E-state index >= 15 is 0 Å². The highest BCUT2D eigenvalue weighted by Gasteiger charge is 2.07. The first kappa shape index (κ1) is 13.1. The molecule has 0 atom stereocenters. The van der Waals surface area contributed by atoms with Crippen molar-refractivity contribution < 1.29 is 9.47 Å². The van der Waals surface area contributed by atoms with Gasteiger partial charge in [-0.2, -0.15) is 0 Å². The van der Waals surface area contributed by atoms with Crippen LogP contribution in [0.1, 0.15) is 25.3 Å². The van der Waals surface area contributed by atoms with Crippen molar-refractivity contribution in [1.29, 1.82) is 0 Å². The summed E-state index contributed by atoms with van der Waals surface area (Å²) in [6.45, 7) is 2.16. The van der Waals surface area contributed by atoms with Gasteiger partial charge >= 0.3 is 0 Å². The molecule has 2 nitrogen and oxygen atoms in total. The van der Waals surface area contributed by atoms with Crippen LogP contribution in [0.5, 0.6) is 11.5 Å². The molecule has 0 aliphatic rings. The molecule has 0 aliphatic heterocycles. The molecule has 0 saturated carbocycles. The van der Waals surface area contributed by atoms with Crippen LogP contribution in [-0.4, -0.2) is 14.2 Å². The highest BCUT2D eigenvalue weighted by molar-refractivity contribution is 9.10. The Morgan fingerprint density at radius 2 is 2.00 bits per heavy atom. The Bertz CT molecular complexity index is 372. The maximum Gasteiger partial charge on any atom is 0.137 e. The first-order chi connectivity index (χ1) is 7.72. The van der Waals surface area contributed by atoms with E-state index in [2.05, 4.69) is 35.0 Å². The average Bonchev–Trinajstić information content (AvgIpc) is 2.31. The summed E-state index contributed by atoms with van der Waals surface area (Å²) in [5, 5.41) is 0. The van der Waals surface area contributed by atoms with Gasteiger partial charge in [-0.15, -0.1) is 0 Å². The van der Waals surface area contributed by atoms with E-state index in [4.69, 9.17) is 9.47 Å². The number of hydrogen-bond acceptors (Lipinski definition) is 2. The van der Waals surface area contributed by atoms with Gasteiger partial charge in [0.05, 0.1) is 18.7 Å². The fourth-order valence-electron chi connectivity index (χ4n) is 1.36. The standard InChI is InChI=1S/C13H17BrO2/c1-4-5-6-7-10-8-11(15-2)9-12(16-3)13(10)14/h6-9H,4-5H2,1-3H3/b7-6+. The van der Waals surface area contributed by atoms with Gasteiger partial charge in [0.25, 0.3) is 0 Å². The van der Waals surface area contributed by atoms with Crippen LogP contribution in [0.4, 0.5) is 0 Å². The molecular formula is C13H17BrO2. The monoisotopic (exact) mass is 284 g/mol. The van der Waals surface area contributed by atoms with Gasteiger partial charge in [-0.05, 0) is 34.0 Å². The molecule has 0 radical (unpaired) electrons. The van der Waals surface area contributed by atoms with Gasteiger partial charge in [0.1, 0.15) is 11.5 Å². The van der Waals surface area contributed by atoms with Crippen molar-refractivity contribution in [2.24, 2.45) is 0 Å². The summed E-state index contributed by atoms with van der Waals surface area (Å²) in [7, 11) is 3.31. The van der Waals surface area contributed by atoms with Crippen molar-refractivity contribution in [3.63, 3.8) is 0 Å². The lowest BCUT2D eigenvalue weighted by molar-refractivity contribution is 0.392. The summed E-state index contributed by atoms with van der Waals surface area (Å²) in [6.07, 6.45) is 6.46. The molecule has 1 aromatic rings. The fraction of sp³-hybridized carbons (Fsp3) is 0.385. The molecule has 0 aliphatic carbocycles. The van der Waals surface area contributed by atoms with Crippen molar-refractivity contribution in [3.8, 4) is 11.5 Å². The summed E-state index contributed by atoms with van der Waals surface area (Å²) >= 11 is 3.53. The van der Waals surface area contributed by atoms with E-state index in [0.29, 0.717) is 0 Å². The minimum absolute atomic E-state index is 0.787. The predicted octanol–water partition coefficient (Wildman–Crippen LogP) is 4.28. The van der Waals surface area contributed by atoms with E-state index in [1.165, 1.54) is 0 Å². The molecule has 0 aromatic heterocycles. The number of hydrogen-bond donors (Lipinski definition) is 0. The number of rotatable bonds is 5. The molecule has 0 saturated heterocycles. The number of unbranched alkanes of at least 4 members (excludes halogenated alkanes) is 1. The number of halogens is 1. The van der Waals surface area contributed by atoms with E-state index in [1.807, 2.05) is 12.1 Å². The van der Waals surface area contributed by atoms with Gasteiger partial charge in [-0.3, -0.25) is 0 Å². The molecule has 1 aromatic carbocycles. The number of ether oxygens (including phenoxy) is 2. The summed E-state index contributed by atoms with van der Waals surface area (Å²) in [6, 6.07) is 3.85. The topological polar surface area (TPSA) is 18.5 Å². The Hall–Kier alpha value is -0.960. The second-order valence-corrected chi connectivity index (χ2v) is 4.22. The highest BCUT2D eigenvalue weighted by atomic mass is 79.9. The maximum atomic E-state index is 5.27. The summed E-state index contributed by atoms with van der Waals surface area (Å²) in [5.74, 6) is 1.59. The van der Waals surface area contributed by atoms with E-state index < -0.39 is 0 Å². The first-order valence-corrected chi connectivity index (χ1v) is 6.10. The van der Waals surface area contributed by atoms with Crippen LogP contribution < -0.4 is 9.47 Å². The molecule has 1 rings (SSSR count). The average molecular weight is 285 g/mol. The molecule has 0 unspecified atom stereocenters. The SMILES string of the molecule is CCC/C=C/c1cc(OC)cc(OC)c1Br. The van der Waals surface area contributed by atoms with Crippen LogP contribution in [0, 0.1) is 0 Å². The lowest BCUT2D eigenvalue weighted by atomic mass is 10.1. The van der Waals surface area contributed by atoms with Crippen LogP contribution in [0.3, 0.4) is 0 Å². The van der Waals surface area contributed by atoms with Gasteiger partial charge in [0.2, 0.25) is 0 Å². The molecule has 3 heteroatoms. The number of benzene rings is 1. The van der Waals surface area contributed by atoms with Crippen molar-refractivity contribution in [2.45, 2.75) is 19.8 Å². The molecule has 0 fully saturated rings. The zero-order valence-corrected chi connectivity index (χ0v) is 11.5. The molecule has 0 bridgehead atoms. The van der Waals surface area contributed by atoms with Crippen molar-refractivity contribution >= 4 is 22.0 Å². The Balaban J connectivity index is 3.05. The number of methoxy groups -OCH3 is 2. The number of allylic oxidation sites excluding steroid dienone is 1. The van der Waals surface area contributed by atoms with Gasteiger partial charge in [-0.1, -0.05) is 25.5 Å². The van der Waals surface area contributed by atoms with Crippen LogP contribution in [0.25, 0.3) is 6.08 Å². The van der Waals surface area contributed by atoms with Crippen LogP contribution >= 0.6 is 15.9 Å². The van der Waals surface area contributed by atoms with Gasteiger partial charge in [-0.25, -0.2) is 0 Å². The fourth-order valence-corrected chi connectivity index (χ4v) is 1.88. The van der Waals surface area contributed by atoms with E-state index in [9.17, 15) is 0 Å². The lowest BCUT2D eigenvalue weighted by Crippen LogP contribution is -1.90. The summed E-state index contributed by atoms with van der Waals surface area (Å²) in [4.78, 5) is 0. The van der Waals surface area contributed by atoms with Crippen LogP contribution in [0.15, 0.2) is 22.7 Å². The lowest BCUT2D eigenvalue weighted by Gasteiger charge is -2.09. The highest BCUT2D eigenvalue weighted by Crippen LogP contribution is 2.34. The third kappa shape index (κ3) is 3.27. The predicted molar refractivity (Wildman–Crippen MR) is 71.2 cm³/mol. The van der Waals surface area contributed by atoms with Crippen LogP contribution in [0.2, 0.25) is 0 Å². The Morgan fingerprint density at radius 1 is 1.25 bits per heavy atom. The van der Waals surface area contributed by atoms with Gasteiger partial charge in [0.15, 0.2) is 0 Å². The smallest absolute Gasteiger partial charge is 0.137 e. The molecule has 0 spiro atoms. The Kier molecular flexibility index (Phi) is 5.39. The minimum atomic E-state index is 0.787. The first-order valence-electron chi connectivity index (χ1n) is 5.31. The quantitative estimate of drug-likeness (QED) is 0.804. The third-order valence-electron chi connectivity index (χ3n) is 2.25. The second kappa shape index (κ2) is 6.59. The van der Waals surface area contributed by atoms with Crippen molar-refractivity contribution in [3.05, 3.63) is 28.2 Å². The summed E-state index contributed by atoms with van der Waals surface area (Å²) < 4.78 is 11.5. The van der Waals surface area contributed by atoms with E-state index in [-0.39, 0.29) is 0 Å². The van der Waals surface area contributed by atoms with Crippen molar-refractivity contribution in [1.82, 2.24) is 0 Å². The largest absolute Gasteiger partial charge is 0.497 e.